The molecular weight excluding hydrogens is 216 g/mol. The van der Waals surface area contributed by atoms with Crippen LogP contribution in [0.5, 0.6) is 0 Å². The van der Waals surface area contributed by atoms with Crippen LogP contribution in [0.4, 0.5) is 5.82 Å². The van der Waals surface area contributed by atoms with E-state index in [1.54, 1.807) is 11.3 Å². The Hall–Kier alpha value is -1.09. The fraction of sp³-hybridized carbons (Fsp3) is 0.462. The highest BCUT2D eigenvalue weighted by Gasteiger charge is 2.06. The Morgan fingerprint density at radius 3 is 2.94 bits per heavy atom. The molecule has 0 fully saturated rings. The second kappa shape index (κ2) is 5.30. The first-order chi connectivity index (χ1) is 7.85. The number of rotatable bonds is 5. The SMILES string of the molecule is CCCNc1nc2ccsc2cc1CCC. The molecule has 2 aromatic rings. The molecule has 0 aliphatic rings. The molecule has 0 bridgehead atoms. The molecule has 0 saturated heterocycles. The normalized spacial score (nSPS) is 10.9. The zero-order valence-electron chi connectivity index (χ0n) is 9.92. The average molecular weight is 234 g/mol. The second-order valence-electron chi connectivity index (χ2n) is 3.98. The number of thiophene rings is 1. The van der Waals surface area contributed by atoms with Gasteiger partial charge in [0.2, 0.25) is 0 Å². The van der Waals surface area contributed by atoms with Crippen molar-refractivity contribution in [2.75, 3.05) is 11.9 Å². The van der Waals surface area contributed by atoms with Crippen molar-refractivity contribution in [3.8, 4) is 0 Å². The molecule has 2 aromatic heterocycles. The number of pyridine rings is 1. The summed E-state index contributed by atoms with van der Waals surface area (Å²) in [5.74, 6) is 1.08. The summed E-state index contributed by atoms with van der Waals surface area (Å²) in [6.45, 7) is 5.39. The maximum Gasteiger partial charge on any atom is 0.129 e. The summed E-state index contributed by atoms with van der Waals surface area (Å²) in [7, 11) is 0. The predicted octanol–water partition coefficient (Wildman–Crippen LogP) is 4.07. The van der Waals surface area contributed by atoms with E-state index in [4.69, 9.17) is 4.98 Å². The summed E-state index contributed by atoms with van der Waals surface area (Å²) in [6, 6.07) is 4.38. The number of nitrogens with one attached hydrogen (secondary N) is 1. The van der Waals surface area contributed by atoms with Crippen molar-refractivity contribution in [3.05, 3.63) is 23.1 Å². The van der Waals surface area contributed by atoms with E-state index in [-0.39, 0.29) is 0 Å². The standard InChI is InChI=1S/C13H18N2S/c1-3-5-10-9-12-11(6-8-16-12)15-13(10)14-7-4-2/h6,8-9H,3-5,7H2,1-2H3,(H,14,15). The lowest BCUT2D eigenvalue weighted by Crippen LogP contribution is -2.05. The first-order valence-electron chi connectivity index (χ1n) is 5.96. The zero-order valence-corrected chi connectivity index (χ0v) is 10.7. The van der Waals surface area contributed by atoms with E-state index in [0.717, 1.165) is 30.7 Å². The van der Waals surface area contributed by atoms with Crippen LogP contribution in [-0.2, 0) is 6.42 Å². The smallest absolute Gasteiger partial charge is 0.129 e. The molecule has 0 saturated carbocycles. The molecule has 1 N–H and O–H groups in total. The topological polar surface area (TPSA) is 24.9 Å². The van der Waals surface area contributed by atoms with E-state index in [9.17, 15) is 0 Å². The van der Waals surface area contributed by atoms with E-state index in [2.05, 4.69) is 36.7 Å². The van der Waals surface area contributed by atoms with Gasteiger partial charge in [-0.15, -0.1) is 11.3 Å². The van der Waals surface area contributed by atoms with Gasteiger partial charge in [0.25, 0.3) is 0 Å². The van der Waals surface area contributed by atoms with Gasteiger partial charge in [0.05, 0.1) is 10.2 Å². The third kappa shape index (κ3) is 2.35. The first-order valence-corrected chi connectivity index (χ1v) is 6.84. The molecule has 0 unspecified atom stereocenters. The van der Waals surface area contributed by atoms with Crippen molar-refractivity contribution >= 4 is 27.4 Å². The number of hydrogen-bond acceptors (Lipinski definition) is 3. The van der Waals surface area contributed by atoms with Crippen molar-refractivity contribution in [3.63, 3.8) is 0 Å². The lowest BCUT2D eigenvalue weighted by Gasteiger charge is -2.10. The molecule has 0 aromatic carbocycles. The Labute approximate surface area is 101 Å². The summed E-state index contributed by atoms with van der Waals surface area (Å²) in [5, 5.41) is 5.53. The summed E-state index contributed by atoms with van der Waals surface area (Å²) in [5.41, 5.74) is 2.47. The molecule has 0 amide bonds. The number of nitrogens with zero attached hydrogens (tertiary/aromatic N) is 1. The summed E-state index contributed by atoms with van der Waals surface area (Å²) < 4.78 is 1.30. The molecular formula is C13H18N2S. The van der Waals surface area contributed by atoms with E-state index in [0.29, 0.717) is 0 Å². The molecule has 0 aliphatic heterocycles. The zero-order chi connectivity index (χ0) is 11.4. The number of anilines is 1. The fourth-order valence-corrected chi connectivity index (χ4v) is 2.58. The minimum Gasteiger partial charge on any atom is -0.370 e. The maximum absolute atomic E-state index is 4.69. The van der Waals surface area contributed by atoms with Gasteiger partial charge in [-0.05, 0) is 35.9 Å². The molecule has 0 atom stereocenters. The van der Waals surface area contributed by atoms with Crippen LogP contribution in [-0.4, -0.2) is 11.5 Å². The van der Waals surface area contributed by atoms with Crippen molar-refractivity contribution in [1.29, 1.82) is 0 Å². The Kier molecular flexibility index (Phi) is 3.78. The largest absolute Gasteiger partial charge is 0.370 e. The molecule has 0 spiro atoms. The van der Waals surface area contributed by atoms with Gasteiger partial charge >= 0.3 is 0 Å². The van der Waals surface area contributed by atoms with Gasteiger partial charge in [-0.1, -0.05) is 20.3 Å². The van der Waals surface area contributed by atoms with E-state index in [1.807, 2.05) is 0 Å². The highest BCUT2D eigenvalue weighted by molar-refractivity contribution is 7.17. The van der Waals surface area contributed by atoms with E-state index in [1.165, 1.54) is 16.7 Å². The van der Waals surface area contributed by atoms with Gasteiger partial charge in [-0.3, -0.25) is 0 Å². The van der Waals surface area contributed by atoms with Gasteiger partial charge in [0.1, 0.15) is 5.82 Å². The minimum absolute atomic E-state index is 0.999. The molecule has 2 nitrogen and oxygen atoms in total. The third-order valence-corrected chi connectivity index (χ3v) is 3.43. The monoisotopic (exact) mass is 234 g/mol. The quantitative estimate of drug-likeness (QED) is 0.843. The predicted molar refractivity (Wildman–Crippen MR) is 72.4 cm³/mol. The van der Waals surface area contributed by atoms with Gasteiger partial charge in [0.15, 0.2) is 0 Å². The van der Waals surface area contributed by atoms with Crippen molar-refractivity contribution in [1.82, 2.24) is 4.98 Å². The van der Waals surface area contributed by atoms with Crippen LogP contribution in [0.2, 0.25) is 0 Å². The number of fused-ring (bicyclic) bond motifs is 1. The van der Waals surface area contributed by atoms with Crippen LogP contribution in [0.3, 0.4) is 0 Å². The summed E-state index contributed by atoms with van der Waals surface area (Å²) in [6.07, 6.45) is 3.40. The van der Waals surface area contributed by atoms with Crippen LogP contribution in [0.25, 0.3) is 10.2 Å². The van der Waals surface area contributed by atoms with Crippen molar-refractivity contribution in [2.45, 2.75) is 33.1 Å². The highest BCUT2D eigenvalue weighted by atomic mass is 32.1. The summed E-state index contributed by atoms with van der Waals surface area (Å²) >= 11 is 1.77. The summed E-state index contributed by atoms with van der Waals surface area (Å²) in [4.78, 5) is 4.69. The van der Waals surface area contributed by atoms with Gasteiger partial charge in [0, 0.05) is 6.54 Å². The van der Waals surface area contributed by atoms with Crippen LogP contribution >= 0.6 is 11.3 Å². The maximum atomic E-state index is 4.69. The molecule has 2 rings (SSSR count). The average Bonchev–Trinajstić information content (AvgIpc) is 2.73. The fourth-order valence-electron chi connectivity index (χ4n) is 1.79. The Bertz CT molecular complexity index is 462. The number of hydrogen-bond donors (Lipinski definition) is 1. The molecule has 2 heterocycles. The van der Waals surface area contributed by atoms with Crippen LogP contribution in [0, 0.1) is 0 Å². The van der Waals surface area contributed by atoms with E-state index < -0.39 is 0 Å². The molecule has 16 heavy (non-hydrogen) atoms. The third-order valence-electron chi connectivity index (χ3n) is 2.58. The Morgan fingerprint density at radius 1 is 1.31 bits per heavy atom. The molecule has 86 valence electrons. The van der Waals surface area contributed by atoms with Gasteiger partial charge in [-0.2, -0.15) is 0 Å². The van der Waals surface area contributed by atoms with Crippen LogP contribution in [0.15, 0.2) is 17.5 Å². The second-order valence-corrected chi connectivity index (χ2v) is 4.92. The Balaban J connectivity index is 2.36. The molecule has 0 aliphatic carbocycles. The lowest BCUT2D eigenvalue weighted by atomic mass is 10.1. The Morgan fingerprint density at radius 2 is 2.19 bits per heavy atom. The first kappa shape index (κ1) is 11.4. The van der Waals surface area contributed by atoms with Crippen molar-refractivity contribution in [2.24, 2.45) is 0 Å². The van der Waals surface area contributed by atoms with Crippen LogP contribution < -0.4 is 5.32 Å². The molecule has 0 radical (unpaired) electrons. The highest BCUT2D eigenvalue weighted by Crippen LogP contribution is 2.25. The number of aromatic nitrogens is 1. The minimum atomic E-state index is 0.999. The van der Waals surface area contributed by atoms with Gasteiger partial charge < -0.3 is 5.32 Å². The van der Waals surface area contributed by atoms with Crippen LogP contribution in [0.1, 0.15) is 32.3 Å². The van der Waals surface area contributed by atoms with E-state index >= 15 is 0 Å². The van der Waals surface area contributed by atoms with Gasteiger partial charge in [-0.25, -0.2) is 4.98 Å². The van der Waals surface area contributed by atoms with Crippen molar-refractivity contribution < 1.29 is 0 Å². The number of aryl methyl sites for hydroxylation is 1. The molecule has 3 heteroatoms. The lowest BCUT2D eigenvalue weighted by molar-refractivity contribution is 0.906.